The molecule has 1 N–H and O–H groups in total. The lowest BCUT2D eigenvalue weighted by Crippen LogP contribution is -2.20. The van der Waals surface area contributed by atoms with Crippen LogP contribution in [0.5, 0.6) is 0 Å². The first-order valence-corrected chi connectivity index (χ1v) is 5.24. The van der Waals surface area contributed by atoms with E-state index in [0.717, 1.165) is 25.2 Å². The van der Waals surface area contributed by atoms with Crippen LogP contribution in [-0.2, 0) is 0 Å². The van der Waals surface area contributed by atoms with Crippen molar-refractivity contribution in [1.82, 2.24) is 0 Å². The first-order chi connectivity index (χ1) is 4.79. The molecule has 58 valence electrons. The van der Waals surface area contributed by atoms with Crippen LogP contribution >= 0.6 is 11.8 Å². The predicted octanol–water partition coefficient (Wildman–Crippen LogP) is 1.65. The molecule has 2 fully saturated rings. The third-order valence-corrected chi connectivity index (χ3v) is 3.97. The quantitative estimate of drug-likeness (QED) is 0.674. The highest BCUT2D eigenvalue weighted by molar-refractivity contribution is 8.00. The van der Waals surface area contributed by atoms with Gasteiger partial charge < -0.3 is 5.11 Å². The van der Waals surface area contributed by atoms with Crippen molar-refractivity contribution >= 4 is 11.8 Å². The van der Waals surface area contributed by atoms with Crippen molar-refractivity contribution in [3.63, 3.8) is 0 Å². The standard InChI is InChI=1S/C8H14OS/c9-8(3-4-8)2-1-7-5-10-6-7/h7,9H,1-6H2. The lowest BCUT2D eigenvalue weighted by molar-refractivity contribution is 0.132. The molecule has 1 nitrogen and oxygen atoms in total. The Morgan fingerprint density at radius 1 is 1.40 bits per heavy atom. The molecule has 0 unspecified atom stereocenters. The van der Waals surface area contributed by atoms with Crippen LogP contribution in [-0.4, -0.2) is 22.2 Å². The summed E-state index contributed by atoms with van der Waals surface area (Å²) in [5, 5.41) is 9.49. The second-order valence-corrected chi connectivity index (χ2v) is 4.74. The van der Waals surface area contributed by atoms with E-state index in [1.165, 1.54) is 17.9 Å². The maximum atomic E-state index is 9.49. The number of rotatable bonds is 3. The van der Waals surface area contributed by atoms with Gasteiger partial charge in [-0.05, 0) is 43.1 Å². The first kappa shape index (κ1) is 6.99. The fraction of sp³-hybridized carbons (Fsp3) is 1.00. The van der Waals surface area contributed by atoms with E-state index < -0.39 is 0 Å². The molecule has 0 radical (unpaired) electrons. The summed E-state index contributed by atoms with van der Waals surface area (Å²) in [6.45, 7) is 0. The van der Waals surface area contributed by atoms with Gasteiger partial charge in [0.05, 0.1) is 5.60 Å². The molecular weight excluding hydrogens is 144 g/mol. The zero-order valence-corrected chi connectivity index (χ0v) is 6.99. The molecule has 1 aliphatic carbocycles. The molecule has 10 heavy (non-hydrogen) atoms. The topological polar surface area (TPSA) is 20.2 Å². The Morgan fingerprint density at radius 2 is 2.10 bits per heavy atom. The molecule has 1 saturated heterocycles. The number of aliphatic hydroxyl groups is 1. The van der Waals surface area contributed by atoms with Gasteiger partial charge in [-0.2, -0.15) is 11.8 Å². The lowest BCUT2D eigenvalue weighted by Gasteiger charge is -2.25. The highest BCUT2D eigenvalue weighted by atomic mass is 32.2. The summed E-state index contributed by atoms with van der Waals surface area (Å²) in [7, 11) is 0. The SMILES string of the molecule is OC1(CCC2CSC2)CC1. The van der Waals surface area contributed by atoms with Gasteiger partial charge in [-0.15, -0.1) is 0 Å². The number of hydrogen-bond donors (Lipinski definition) is 1. The average molecular weight is 158 g/mol. The Hall–Kier alpha value is 0.310. The van der Waals surface area contributed by atoms with Gasteiger partial charge in [0.1, 0.15) is 0 Å². The van der Waals surface area contributed by atoms with Crippen LogP contribution < -0.4 is 0 Å². The van der Waals surface area contributed by atoms with Gasteiger partial charge in [0.2, 0.25) is 0 Å². The zero-order valence-electron chi connectivity index (χ0n) is 6.18. The van der Waals surface area contributed by atoms with Crippen molar-refractivity contribution in [2.24, 2.45) is 5.92 Å². The first-order valence-electron chi connectivity index (χ1n) is 4.09. The van der Waals surface area contributed by atoms with Crippen molar-refractivity contribution < 1.29 is 5.11 Å². The van der Waals surface area contributed by atoms with E-state index in [-0.39, 0.29) is 5.60 Å². The Labute approximate surface area is 66.2 Å². The number of hydrogen-bond acceptors (Lipinski definition) is 2. The Kier molecular flexibility index (Phi) is 1.69. The largest absolute Gasteiger partial charge is 0.390 e. The third-order valence-electron chi connectivity index (χ3n) is 2.55. The van der Waals surface area contributed by atoms with Gasteiger partial charge in [0, 0.05) is 0 Å². The molecule has 0 spiro atoms. The molecule has 0 atom stereocenters. The van der Waals surface area contributed by atoms with Gasteiger partial charge in [0.15, 0.2) is 0 Å². The van der Waals surface area contributed by atoms with Crippen LogP contribution in [0.1, 0.15) is 25.7 Å². The second-order valence-electron chi connectivity index (χ2n) is 3.67. The van der Waals surface area contributed by atoms with Crippen molar-refractivity contribution in [3.8, 4) is 0 Å². The predicted molar refractivity (Wildman–Crippen MR) is 44.2 cm³/mol. The molecule has 0 amide bonds. The van der Waals surface area contributed by atoms with Gasteiger partial charge >= 0.3 is 0 Å². The molecule has 2 heteroatoms. The van der Waals surface area contributed by atoms with E-state index in [1.54, 1.807) is 0 Å². The molecule has 1 aliphatic heterocycles. The van der Waals surface area contributed by atoms with E-state index in [9.17, 15) is 5.11 Å². The molecule has 0 aromatic rings. The van der Waals surface area contributed by atoms with Gasteiger partial charge in [-0.1, -0.05) is 0 Å². The van der Waals surface area contributed by atoms with E-state index in [2.05, 4.69) is 0 Å². The van der Waals surface area contributed by atoms with E-state index in [4.69, 9.17) is 0 Å². The highest BCUT2D eigenvalue weighted by Crippen LogP contribution is 2.41. The summed E-state index contributed by atoms with van der Waals surface area (Å²) in [4.78, 5) is 0. The van der Waals surface area contributed by atoms with Gasteiger partial charge in [-0.3, -0.25) is 0 Å². The smallest absolute Gasteiger partial charge is 0.0650 e. The molecule has 0 bridgehead atoms. The molecule has 2 aliphatic rings. The molecule has 0 aromatic carbocycles. The molecule has 2 rings (SSSR count). The fourth-order valence-electron chi connectivity index (χ4n) is 1.32. The van der Waals surface area contributed by atoms with Crippen LogP contribution in [0.4, 0.5) is 0 Å². The Balaban J connectivity index is 1.63. The summed E-state index contributed by atoms with van der Waals surface area (Å²) in [6.07, 6.45) is 4.46. The van der Waals surface area contributed by atoms with Crippen LogP contribution in [0.2, 0.25) is 0 Å². The summed E-state index contributed by atoms with van der Waals surface area (Å²) >= 11 is 2.03. The second kappa shape index (κ2) is 2.42. The minimum atomic E-state index is -0.194. The zero-order chi connectivity index (χ0) is 7.03. The average Bonchev–Trinajstić information content (AvgIpc) is 2.44. The summed E-state index contributed by atoms with van der Waals surface area (Å²) in [5.41, 5.74) is -0.194. The minimum absolute atomic E-state index is 0.194. The fourth-order valence-corrected chi connectivity index (χ4v) is 2.22. The maximum absolute atomic E-state index is 9.49. The monoisotopic (exact) mass is 158 g/mol. The van der Waals surface area contributed by atoms with Gasteiger partial charge in [-0.25, -0.2) is 0 Å². The van der Waals surface area contributed by atoms with Crippen LogP contribution in [0, 0.1) is 5.92 Å². The molecule has 1 heterocycles. The molecule has 1 saturated carbocycles. The van der Waals surface area contributed by atoms with Crippen molar-refractivity contribution in [3.05, 3.63) is 0 Å². The van der Waals surface area contributed by atoms with Crippen molar-refractivity contribution in [1.29, 1.82) is 0 Å². The molecular formula is C8H14OS. The van der Waals surface area contributed by atoms with Crippen LogP contribution in [0.3, 0.4) is 0 Å². The van der Waals surface area contributed by atoms with Crippen molar-refractivity contribution in [2.45, 2.75) is 31.3 Å². The number of thioether (sulfide) groups is 1. The highest BCUT2D eigenvalue weighted by Gasteiger charge is 2.40. The van der Waals surface area contributed by atoms with Gasteiger partial charge in [0.25, 0.3) is 0 Å². The summed E-state index contributed by atoms with van der Waals surface area (Å²) in [6, 6.07) is 0. The van der Waals surface area contributed by atoms with E-state index in [0.29, 0.717) is 0 Å². The summed E-state index contributed by atoms with van der Waals surface area (Å²) < 4.78 is 0. The van der Waals surface area contributed by atoms with Crippen LogP contribution in [0.15, 0.2) is 0 Å². The van der Waals surface area contributed by atoms with E-state index in [1.807, 2.05) is 11.8 Å². The van der Waals surface area contributed by atoms with E-state index >= 15 is 0 Å². The minimum Gasteiger partial charge on any atom is -0.390 e. The summed E-state index contributed by atoms with van der Waals surface area (Å²) in [5.74, 6) is 3.63. The lowest BCUT2D eigenvalue weighted by atomic mass is 10.0. The Morgan fingerprint density at radius 3 is 2.50 bits per heavy atom. The van der Waals surface area contributed by atoms with Crippen molar-refractivity contribution in [2.75, 3.05) is 11.5 Å². The Bertz CT molecular complexity index is 127. The van der Waals surface area contributed by atoms with Crippen LogP contribution in [0.25, 0.3) is 0 Å². The normalized spacial score (nSPS) is 29.7. The third kappa shape index (κ3) is 1.48. The molecule has 0 aromatic heterocycles. The maximum Gasteiger partial charge on any atom is 0.0650 e.